The highest BCUT2D eigenvalue weighted by Gasteiger charge is 2.14. The number of aryl methyl sites for hydroxylation is 2. The zero-order chi connectivity index (χ0) is 13.8. The SMILES string of the molecule is CCn1cc(CC(NC)c2ccc(C)cc2Br)cn1. The standard InChI is InChI=1S/C15H20BrN3/c1-4-19-10-12(9-18-19)8-15(17-3)13-6-5-11(2)7-14(13)16/h5-7,9-10,15,17H,4,8H2,1-3H3. The summed E-state index contributed by atoms with van der Waals surface area (Å²) in [7, 11) is 2.00. The Balaban J connectivity index is 2.19. The smallest absolute Gasteiger partial charge is 0.0522 e. The lowest BCUT2D eigenvalue weighted by Crippen LogP contribution is -2.19. The maximum Gasteiger partial charge on any atom is 0.0522 e. The molecule has 1 aromatic heterocycles. The van der Waals surface area contributed by atoms with E-state index in [9.17, 15) is 0 Å². The van der Waals surface area contributed by atoms with Crippen molar-refractivity contribution < 1.29 is 0 Å². The van der Waals surface area contributed by atoms with Crippen LogP contribution in [0.3, 0.4) is 0 Å². The number of hydrogen-bond donors (Lipinski definition) is 1. The molecule has 102 valence electrons. The Kier molecular flexibility index (Phi) is 4.77. The maximum atomic E-state index is 4.33. The fraction of sp³-hybridized carbons (Fsp3) is 0.400. The Morgan fingerprint density at radius 3 is 2.79 bits per heavy atom. The number of likely N-dealkylation sites (N-methyl/N-ethyl adjacent to an activating group) is 1. The van der Waals surface area contributed by atoms with Crippen LogP contribution in [0.15, 0.2) is 35.1 Å². The van der Waals surface area contributed by atoms with Crippen LogP contribution in [0.2, 0.25) is 0 Å². The first-order valence-corrected chi connectivity index (χ1v) is 7.38. The number of hydrogen-bond acceptors (Lipinski definition) is 2. The summed E-state index contributed by atoms with van der Waals surface area (Å²) in [6.45, 7) is 5.12. The third-order valence-electron chi connectivity index (χ3n) is 3.33. The summed E-state index contributed by atoms with van der Waals surface area (Å²) in [5.74, 6) is 0. The van der Waals surface area contributed by atoms with Gasteiger partial charge in [0.25, 0.3) is 0 Å². The van der Waals surface area contributed by atoms with Crippen molar-refractivity contribution in [3.63, 3.8) is 0 Å². The summed E-state index contributed by atoms with van der Waals surface area (Å²) in [6.07, 6.45) is 5.01. The van der Waals surface area contributed by atoms with Crippen LogP contribution in [0.5, 0.6) is 0 Å². The van der Waals surface area contributed by atoms with Gasteiger partial charge in [-0.2, -0.15) is 5.10 Å². The van der Waals surface area contributed by atoms with Crippen molar-refractivity contribution in [3.05, 3.63) is 51.8 Å². The number of nitrogens with one attached hydrogen (secondary N) is 1. The highest BCUT2D eigenvalue weighted by Crippen LogP contribution is 2.26. The molecule has 3 nitrogen and oxygen atoms in total. The van der Waals surface area contributed by atoms with Crippen molar-refractivity contribution in [2.24, 2.45) is 0 Å². The Morgan fingerprint density at radius 1 is 1.42 bits per heavy atom. The van der Waals surface area contributed by atoms with Crippen LogP contribution in [0.25, 0.3) is 0 Å². The first-order valence-electron chi connectivity index (χ1n) is 6.58. The minimum Gasteiger partial charge on any atom is -0.313 e. The molecule has 0 bridgehead atoms. The maximum absolute atomic E-state index is 4.33. The lowest BCUT2D eigenvalue weighted by molar-refractivity contribution is 0.588. The van der Waals surface area contributed by atoms with Gasteiger partial charge < -0.3 is 5.32 Å². The quantitative estimate of drug-likeness (QED) is 0.913. The molecule has 0 aliphatic heterocycles. The molecule has 2 aromatic rings. The van der Waals surface area contributed by atoms with E-state index in [0.29, 0.717) is 6.04 Å². The van der Waals surface area contributed by atoms with Crippen LogP contribution < -0.4 is 5.32 Å². The fourth-order valence-electron chi connectivity index (χ4n) is 2.20. The number of nitrogens with zero attached hydrogens (tertiary/aromatic N) is 2. The van der Waals surface area contributed by atoms with E-state index in [2.05, 4.69) is 64.6 Å². The van der Waals surface area contributed by atoms with Crippen molar-refractivity contribution in [1.29, 1.82) is 0 Å². The molecule has 0 spiro atoms. The van der Waals surface area contributed by atoms with Gasteiger partial charge in [0.05, 0.1) is 6.20 Å². The second kappa shape index (κ2) is 6.35. The van der Waals surface area contributed by atoms with E-state index in [0.717, 1.165) is 17.4 Å². The van der Waals surface area contributed by atoms with Crippen molar-refractivity contribution in [1.82, 2.24) is 15.1 Å². The molecule has 0 aliphatic carbocycles. The summed E-state index contributed by atoms with van der Waals surface area (Å²) >= 11 is 3.66. The molecule has 2 rings (SSSR count). The number of benzene rings is 1. The molecule has 1 unspecified atom stereocenters. The Bertz CT molecular complexity index is 548. The zero-order valence-electron chi connectivity index (χ0n) is 11.7. The third kappa shape index (κ3) is 3.45. The Labute approximate surface area is 123 Å². The molecule has 0 fully saturated rings. The fourth-order valence-corrected chi connectivity index (χ4v) is 2.97. The molecule has 1 N–H and O–H groups in total. The van der Waals surface area contributed by atoms with Crippen LogP contribution in [0.1, 0.15) is 29.7 Å². The number of rotatable bonds is 5. The van der Waals surface area contributed by atoms with Gasteiger partial charge in [-0.05, 0) is 50.1 Å². The second-order valence-electron chi connectivity index (χ2n) is 4.77. The van der Waals surface area contributed by atoms with Crippen LogP contribution in [-0.4, -0.2) is 16.8 Å². The molecule has 0 saturated heterocycles. The summed E-state index contributed by atoms with van der Waals surface area (Å²) in [4.78, 5) is 0. The Hall–Kier alpha value is -1.13. The Morgan fingerprint density at radius 2 is 2.21 bits per heavy atom. The van der Waals surface area contributed by atoms with Crippen molar-refractivity contribution in [2.75, 3.05) is 7.05 Å². The van der Waals surface area contributed by atoms with Crippen molar-refractivity contribution >= 4 is 15.9 Å². The van der Waals surface area contributed by atoms with E-state index < -0.39 is 0 Å². The molecule has 1 atom stereocenters. The predicted molar refractivity (Wildman–Crippen MR) is 82.3 cm³/mol. The molecular formula is C15H20BrN3. The van der Waals surface area contributed by atoms with E-state index in [1.165, 1.54) is 16.7 Å². The minimum atomic E-state index is 0.296. The number of halogens is 1. The lowest BCUT2D eigenvalue weighted by atomic mass is 10.00. The molecule has 19 heavy (non-hydrogen) atoms. The molecule has 0 aliphatic rings. The lowest BCUT2D eigenvalue weighted by Gasteiger charge is -2.18. The van der Waals surface area contributed by atoms with Gasteiger partial charge in [-0.25, -0.2) is 0 Å². The molecule has 0 amide bonds. The van der Waals surface area contributed by atoms with E-state index in [1.807, 2.05) is 17.9 Å². The van der Waals surface area contributed by atoms with Gasteiger partial charge in [-0.15, -0.1) is 0 Å². The van der Waals surface area contributed by atoms with Crippen LogP contribution >= 0.6 is 15.9 Å². The molecule has 1 aromatic carbocycles. The van der Waals surface area contributed by atoms with Crippen molar-refractivity contribution in [2.45, 2.75) is 32.9 Å². The van der Waals surface area contributed by atoms with Gasteiger partial charge >= 0.3 is 0 Å². The average Bonchev–Trinajstić information content (AvgIpc) is 2.84. The van der Waals surface area contributed by atoms with Crippen LogP contribution in [0.4, 0.5) is 0 Å². The normalized spacial score (nSPS) is 12.6. The van der Waals surface area contributed by atoms with Gasteiger partial charge in [-0.3, -0.25) is 4.68 Å². The van der Waals surface area contributed by atoms with Crippen LogP contribution in [0, 0.1) is 6.92 Å². The number of aromatic nitrogens is 2. The van der Waals surface area contributed by atoms with Gasteiger partial charge in [-0.1, -0.05) is 28.1 Å². The van der Waals surface area contributed by atoms with Gasteiger partial charge in [0.1, 0.15) is 0 Å². The van der Waals surface area contributed by atoms with Crippen LogP contribution in [-0.2, 0) is 13.0 Å². The van der Waals surface area contributed by atoms with Gasteiger partial charge in [0.2, 0.25) is 0 Å². The molecular weight excluding hydrogens is 302 g/mol. The molecule has 1 heterocycles. The van der Waals surface area contributed by atoms with E-state index in [1.54, 1.807) is 0 Å². The summed E-state index contributed by atoms with van der Waals surface area (Å²) in [5.41, 5.74) is 3.82. The first kappa shape index (κ1) is 14.3. The molecule has 0 saturated carbocycles. The van der Waals surface area contributed by atoms with Crippen molar-refractivity contribution in [3.8, 4) is 0 Å². The molecule has 4 heteroatoms. The second-order valence-corrected chi connectivity index (χ2v) is 5.63. The monoisotopic (exact) mass is 321 g/mol. The minimum absolute atomic E-state index is 0.296. The summed E-state index contributed by atoms with van der Waals surface area (Å²) in [5, 5.41) is 7.72. The zero-order valence-corrected chi connectivity index (χ0v) is 13.2. The van der Waals surface area contributed by atoms with E-state index in [-0.39, 0.29) is 0 Å². The summed E-state index contributed by atoms with van der Waals surface area (Å²) < 4.78 is 3.13. The highest BCUT2D eigenvalue weighted by atomic mass is 79.9. The third-order valence-corrected chi connectivity index (χ3v) is 4.02. The molecule has 0 radical (unpaired) electrons. The van der Waals surface area contributed by atoms with E-state index in [4.69, 9.17) is 0 Å². The first-order chi connectivity index (χ1) is 9.13. The highest BCUT2D eigenvalue weighted by molar-refractivity contribution is 9.10. The predicted octanol–water partition coefficient (Wildman–Crippen LogP) is 3.48. The van der Waals surface area contributed by atoms with Gasteiger partial charge in [0.15, 0.2) is 0 Å². The topological polar surface area (TPSA) is 29.9 Å². The summed E-state index contributed by atoms with van der Waals surface area (Å²) in [6, 6.07) is 6.80. The van der Waals surface area contributed by atoms with E-state index >= 15 is 0 Å². The largest absolute Gasteiger partial charge is 0.313 e. The van der Waals surface area contributed by atoms with Gasteiger partial charge in [0, 0.05) is 23.3 Å². The average molecular weight is 322 g/mol.